The van der Waals surface area contributed by atoms with Crippen molar-refractivity contribution in [1.29, 1.82) is 0 Å². The minimum Gasteiger partial charge on any atom is -0.481 e. The monoisotopic (exact) mass is 356 g/mol. The number of nitrogens with zero attached hydrogens (tertiary/aromatic N) is 1. The molecule has 0 bridgehead atoms. The SMILES string of the molecule is CNC(Cc1ccc(OC)nc1)c1c(F)ccc(Br)c1F. The highest BCUT2D eigenvalue weighted by Gasteiger charge is 2.21. The molecule has 1 unspecified atom stereocenters. The molecule has 0 aliphatic carbocycles. The first-order chi connectivity index (χ1) is 10.1. The Kier molecular flexibility index (Phi) is 5.25. The number of rotatable bonds is 5. The third-order valence-electron chi connectivity index (χ3n) is 3.22. The van der Waals surface area contributed by atoms with Gasteiger partial charge in [0.1, 0.15) is 11.6 Å². The molecule has 2 aromatic rings. The van der Waals surface area contributed by atoms with E-state index in [1.165, 1.54) is 19.2 Å². The molecule has 0 spiro atoms. The van der Waals surface area contributed by atoms with Crippen LogP contribution in [0.5, 0.6) is 5.88 Å². The molecule has 1 aromatic heterocycles. The average Bonchev–Trinajstić information content (AvgIpc) is 2.51. The second-order valence-electron chi connectivity index (χ2n) is 4.51. The van der Waals surface area contributed by atoms with E-state index in [2.05, 4.69) is 26.2 Å². The zero-order valence-electron chi connectivity index (χ0n) is 11.7. The van der Waals surface area contributed by atoms with Crippen LogP contribution < -0.4 is 10.1 Å². The molecule has 0 radical (unpaired) electrons. The van der Waals surface area contributed by atoms with Gasteiger partial charge in [-0.3, -0.25) is 0 Å². The van der Waals surface area contributed by atoms with E-state index in [1.807, 2.05) is 6.07 Å². The van der Waals surface area contributed by atoms with Crippen LogP contribution in [0.4, 0.5) is 8.78 Å². The molecule has 21 heavy (non-hydrogen) atoms. The second-order valence-corrected chi connectivity index (χ2v) is 5.37. The molecule has 3 nitrogen and oxygen atoms in total. The van der Waals surface area contributed by atoms with Gasteiger partial charge in [0, 0.05) is 23.9 Å². The zero-order valence-corrected chi connectivity index (χ0v) is 13.2. The Morgan fingerprint density at radius 3 is 2.62 bits per heavy atom. The van der Waals surface area contributed by atoms with Crippen molar-refractivity contribution in [2.75, 3.05) is 14.2 Å². The van der Waals surface area contributed by atoms with Gasteiger partial charge in [-0.2, -0.15) is 0 Å². The van der Waals surface area contributed by atoms with Crippen LogP contribution in [0.15, 0.2) is 34.9 Å². The van der Waals surface area contributed by atoms with Gasteiger partial charge in [-0.15, -0.1) is 0 Å². The van der Waals surface area contributed by atoms with Gasteiger partial charge in [-0.05, 0) is 47.1 Å². The van der Waals surface area contributed by atoms with Crippen molar-refractivity contribution in [3.05, 3.63) is 57.7 Å². The lowest BCUT2D eigenvalue weighted by Gasteiger charge is -2.18. The molecule has 0 fully saturated rings. The first kappa shape index (κ1) is 15.9. The number of hydrogen-bond donors (Lipinski definition) is 1. The summed E-state index contributed by atoms with van der Waals surface area (Å²) in [5, 5.41) is 2.94. The molecule has 0 saturated carbocycles. The van der Waals surface area contributed by atoms with Crippen molar-refractivity contribution in [2.45, 2.75) is 12.5 Å². The van der Waals surface area contributed by atoms with Crippen LogP contribution in [0.25, 0.3) is 0 Å². The van der Waals surface area contributed by atoms with Crippen LogP contribution >= 0.6 is 15.9 Å². The number of hydrogen-bond acceptors (Lipinski definition) is 3. The van der Waals surface area contributed by atoms with Crippen molar-refractivity contribution < 1.29 is 13.5 Å². The summed E-state index contributed by atoms with van der Waals surface area (Å²) in [5.74, 6) is -0.660. The van der Waals surface area contributed by atoms with E-state index in [0.717, 1.165) is 5.56 Å². The molecule has 6 heteroatoms. The van der Waals surface area contributed by atoms with Gasteiger partial charge in [-0.1, -0.05) is 6.07 Å². The molecular formula is C15H15BrF2N2O. The van der Waals surface area contributed by atoms with Crippen molar-refractivity contribution in [2.24, 2.45) is 0 Å². The number of likely N-dealkylation sites (N-methyl/N-ethyl adjacent to an activating group) is 1. The first-order valence-electron chi connectivity index (χ1n) is 6.36. The highest BCUT2D eigenvalue weighted by Crippen LogP contribution is 2.28. The Bertz CT molecular complexity index is 620. The fourth-order valence-electron chi connectivity index (χ4n) is 2.10. The van der Waals surface area contributed by atoms with Crippen molar-refractivity contribution in [3.8, 4) is 5.88 Å². The molecule has 0 aliphatic rings. The minimum absolute atomic E-state index is 0.0164. The Labute approximate surface area is 130 Å². The lowest BCUT2D eigenvalue weighted by atomic mass is 9.99. The summed E-state index contributed by atoms with van der Waals surface area (Å²) in [4.78, 5) is 4.09. The number of halogens is 3. The Hall–Kier alpha value is -1.53. The number of benzene rings is 1. The van der Waals surface area contributed by atoms with Crippen LogP contribution in [0.1, 0.15) is 17.2 Å². The lowest BCUT2D eigenvalue weighted by molar-refractivity contribution is 0.397. The van der Waals surface area contributed by atoms with Crippen LogP contribution in [-0.4, -0.2) is 19.1 Å². The third kappa shape index (κ3) is 3.57. The zero-order chi connectivity index (χ0) is 15.4. The van der Waals surface area contributed by atoms with Gasteiger partial charge < -0.3 is 10.1 Å². The van der Waals surface area contributed by atoms with Crippen LogP contribution in [0.3, 0.4) is 0 Å². The molecule has 1 aromatic carbocycles. The Balaban J connectivity index is 2.29. The first-order valence-corrected chi connectivity index (χ1v) is 7.15. The fraction of sp³-hybridized carbons (Fsp3) is 0.267. The lowest BCUT2D eigenvalue weighted by Crippen LogP contribution is -2.21. The number of ether oxygens (including phenoxy) is 1. The van der Waals surface area contributed by atoms with E-state index in [9.17, 15) is 8.78 Å². The maximum atomic E-state index is 14.2. The van der Waals surface area contributed by atoms with Crippen LogP contribution in [-0.2, 0) is 6.42 Å². The summed E-state index contributed by atoms with van der Waals surface area (Å²) < 4.78 is 33.3. The van der Waals surface area contributed by atoms with E-state index in [1.54, 1.807) is 19.3 Å². The number of aromatic nitrogens is 1. The van der Waals surface area contributed by atoms with Gasteiger partial charge in [-0.25, -0.2) is 13.8 Å². The third-order valence-corrected chi connectivity index (χ3v) is 3.84. The topological polar surface area (TPSA) is 34.1 Å². The maximum absolute atomic E-state index is 14.2. The molecule has 1 atom stereocenters. The molecule has 0 saturated heterocycles. The van der Waals surface area contributed by atoms with Crippen LogP contribution in [0.2, 0.25) is 0 Å². The quantitative estimate of drug-likeness (QED) is 0.830. The number of methoxy groups -OCH3 is 1. The van der Waals surface area contributed by atoms with Gasteiger partial charge in [0.2, 0.25) is 5.88 Å². The Morgan fingerprint density at radius 1 is 1.29 bits per heavy atom. The summed E-state index contributed by atoms with van der Waals surface area (Å²) in [6.07, 6.45) is 2.05. The summed E-state index contributed by atoms with van der Waals surface area (Å²) in [7, 11) is 3.20. The highest BCUT2D eigenvalue weighted by molar-refractivity contribution is 9.10. The fourth-order valence-corrected chi connectivity index (χ4v) is 2.44. The molecule has 0 aliphatic heterocycles. The maximum Gasteiger partial charge on any atom is 0.212 e. The molecule has 2 rings (SSSR count). The highest BCUT2D eigenvalue weighted by atomic mass is 79.9. The van der Waals surface area contributed by atoms with Gasteiger partial charge in [0.15, 0.2) is 0 Å². The summed E-state index contributed by atoms with van der Waals surface area (Å²) in [6, 6.07) is 5.66. The standard InChI is InChI=1S/C15H15BrF2N2O/c1-19-12(7-9-3-6-13(21-2)20-8-9)14-11(17)5-4-10(16)15(14)18/h3-6,8,12,19H,7H2,1-2H3. The van der Waals surface area contributed by atoms with Crippen molar-refractivity contribution in [1.82, 2.24) is 10.3 Å². The van der Waals surface area contributed by atoms with Crippen molar-refractivity contribution >= 4 is 15.9 Å². The van der Waals surface area contributed by atoms with Gasteiger partial charge >= 0.3 is 0 Å². The largest absolute Gasteiger partial charge is 0.481 e. The van der Waals surface area contributed by atoms with Crippen LogP contribution in [0, 0.1) is 11.6 Å². The summed E-state index contributed by atoms with van der Waals surface area (Å²) in [6.45, 7) is 0. The molecule has 1 N–H and O–H groups in total. The number of pyridine rings is 1. The summed E-state index contributed by atoms with van der Waals surface area (Å²) >= 11 is 3.08. The number of nitrogens with one attached hydrogen (secondary N) is 1. The molecule has 0 amide bonds. The van der Waals surface area contributed by atoms with E-state index in [4.69, 9.17) is 4.74 Å². The van der Waals surface area contributed by atoms with E-state index in [0.29, 0.717) is 12.3 Å². The second kappa shape index (κ2) is 6.95. The van der Waals surface area contributed by atoms with E-state index in [-0.39, 0.29) is 10.0 Å². The minimum atomic E-state index is -0.587. The molecular weight excluding hydrogens is 342 g/mol. The Morgan fingerprint density at radius 2 is 2.05 bits per heavy atom. The summed E-state index contributed by atoms with van der Waals surface area (Å²) in [5.41, 5.74) is 0.872. The predicted molar refractivity (Wildman–Crippen MR) is 80.4 cm³/mol. The average molecular weight is 357 g/mol. The smallest absolute Gasteiger partial charge is 0.212 e. The predicted octanol–water partition coefficient (Wildman–Crippen LogP) is 3.63. The van der Waals surface area contributed by atoms with E-state index < -0.39 is 17.7 Å². The molecule has 112 valence electrons. The normalized spacial score (nSPS) is 12.2. The van der Waals surface area contributed by atoms with Crippen molar-refractivity contribution in [3.63, 3.8) is 0 Å². The van der Waals surface area contributed by atoms with E-state index >= 15 is 0 Å². The van der Waals surface area contributed by atoms with Gasteiger partial charge in [0.25, 0.3) is 0 Å². The molecule has 1 heterocycles. The van der Waals surface area contributed by atoms with Gasteiger partial charge in [0.05, 0.1) is 11.6 Å².